The van der Waals surface area contributed by atoms with Crippen molar-refractivity contribution < 1.29 is 9.53 Å². The molecule has 1 aliphatic rings. The number of nitrogens with zero attached hydrogens (tertiary/aromatic N) is 4. The van der Waals surface area contributed by atoms with Crippen LogP contribution in [0.5, 0.6) is 5.75 Å². The summed E-state index contributed by atoms with van der Waals surface area (Å²) >= 11 is 2.91. The fourth-order valence-corrected chi connectivity index (χ4v) is 6.45. The number of hydrogen-bond donors (Lipinski definition) is 1. The van der Waals surface area contributed by atoms with Gasteiger partial charge in [0.05, 0.1) is 11.3 Å². The van der Waals surface area contributed by atoms with Crippen molar-refractivity contribution >= 4 is 34.0 Å². The lowest BCUT2D eigenvalue weighted by Gasteiger charge is -2.11. The maximum atomic E-state index is 12.8. The molecule has 0 atom stereocenters. The number of fused-ring (bicyclic) bond motifs is 1. The van der Waals surface area contributed by atoms with Crippen LogP contribution in [0.4, 0.5) is 5.00 Å². The monoisotopic (exact) mass is 509 g/mol. The van der Waals surface area contributed by atoms with Gasteiger partial charge in [0.25, 0.3) is 0 Å². The van der Waals surface area contributed by atoms with Gasteiger partial charge in [0.2, 0.25) is 5.91 Å². The van der Waals surface area contributed by atoms with Gasteiger partial charge in [-0.2, -0.15) is 5.26 Å². The zero-order valence-electron chi connectivity index (χ0n) is 20.5. The molecule has 2 heterocycles. The molecule has 1 N–H and O–H groups in total. The molecule has 0 saturated carbocycles. The molecule has 0 aliphatic heterocycles. The van der Waals surface area contributed by atoms with Gasteiger partial charge < -0.3 is 14.6 Å². The number of carbonyl (C=O) groups is 1. The number of carbonyl (C=O) groups excluding carboxylic acids is 1. The van der Waals surface area contributed by atoms with Crippen LogP contribution in [0, 0.1) is 25.2 Å². The van der Waals surface area contributed by atoms with E-state index in [1.165, 1.54) is 35.0 Å². The normalized spacial score (nSPS) is 13.4. The molecule has 9 heteroatoms. The van der Waals surface area contributed by atoms with Crippen molar-refractivity contribution in [1.82, 2.24) is 14.8 Å². The standard InChI is InChI=1S/C26H31N5O2S2/c1-4-31-23(15-33-21-12-11-17(2)13-18(21)3)29-30-26(31)34-16-24(32)28-25-20(14-27)19-9-7-5-6-8-10-22(19)35-25/h11-13H,4-10,15-16H2,1-3H3,(H,28,32). The van der Waals surface area contributed by atoms with Crippen LogP contribution in [-0.4, -0.2) is 26.4 Å². The molecule has 0 saturated heterocycles. The first kappa shape index (κ1) is 25.3. The Morgan fingerprint density at radius 1 is 1.23 bits per heavy atom. The maximum absolute atomic E-state index is 12.8. The van der Waals surface area contributed by atoms with Crippen molar-refractivity contribution in [2.24, 2.45) is 0 Å². The number of hydrogen-bond acceptors (Lipinski definition) is 7. The van der Waals surface area contributed by atoms with Crippen LogP contribution < -0.4 is 10.1 Å². The van der Waals surface area contributed by atoms with Crippen LogP contribution in [0.3, 0.4) is 0 Å². The maximum Gasteiger partial charge on any atom is 0.235 e. The molecule has 0 bridgehead atoms. The van der Waals surface area contributed by atoms with Crippen molar-refractivity contribution in [1.29, 1.82) is 5.26 Å². The zero-order chi connectivity index (χ0) is 24.8. The Bertz CT molecular complexity index is 1240. The van der Waals surface area contributed by atoms with E-state index in [9.17, 15) is 10.1 Å². The smallest absolute Gasteiger partial charge is 0.235 e. The molecule has 0 radical (unpaired) electrons. The Morgan fingerprint density at radius 3 is 2.77 bits per heavy atom. The molecule has 0 spiro atoms. The van der Waals surface area contributed by atoms with Crippen LogP contribution in [0.1, 0.15) is 65.6 Å². The van der Waals surface area contributed by atoms with E-state index in [1.54, 1.807) is 11.3 Å². The highest BCUT2D eigenvalue weighted by Gasteiger charge is 2.21. The van der Waals surface area contributed by atoms with Gasteiger partial charge >= 0.3 is 0 Å². The van der Waals surface area contributed by atoms with Gasteiger partial charge in [0.1, 0.15) is 23.4 Å². The topological polar surface area (TPSA) is 92.8 Å². The minimum Gasteiger partial charge on any atom is -0.485 e. The highest BCUT2D eigenvalue weighted by atomic mass is 32.2. The third-order valence-electron chi connectivity index (χ3n) is 6.17. The highest BCUT2D eigenvalue weighted by molar-refractivity contribution is 7.99. The summed E-state index contributed by atoms with van der Waals surface area (Å²) in [5, 5.41) is 22.7. The van der Waals surface area contributed by atoms with E-state index < -0.39 is 0 Å². The Kier molecular flexibility index (Phi) is 8.47. The summed E-state index contributed by atoms with van der Waals surface area (Å²) in [6, 6.07) is 8.42. The number of thiophene rings is 1. The number of nitriles is 1. The molecule has 35 heavy (non-hydrogen) atoms. The lowest BCUT2D eigenvalue weighted by Crippen LogP contribution is -2.15. The molecule has 4 rings (SSSR count). The minimum absolute atomic E-state index is 0.139. The van der Waals surface area contributed by atoms with E-state index in [2.05, 4.69) is 34.6 Å². The predicted octanol–water partition coefficient (Wildman–Crippen LogP) is 5.82. The second-order valence-electron chi connectivity index (χ2n) is 8.77. The summed E-state index contributed by atoms with van der Waals surface area (Å²) in [6.07, 6.45) is 6.59. The molecule has 1 amide bonds. The predicted molar refractivity (Wildman–Crippen MR) is 140 cm³/mol. The van der Waals surface area contributed by atoms with E-state index in [0.29, 0.717) is 28.9 Å². The minimum atomic E-state index is -0.139. The lowest BCUT2D eigenvalue weighted by molar-refractivity contribution is -0.113. The van der Waals surface area contributed by atoms with E-state index in [-0.39, 0.29) is 11.7 Å². The average molecular weight is 510 g/mol. The summed E-state index contributed by atoms with van der Waals surface area (Å²) in [5.74, 6) is 1.61. The quantitative estimate of drug-likeness (QED) is 0.385. The van der Waals surface area contributed by atoms with Gasteiger partial charge in [0.15, 0.2) is 11.0 Å². The number of nitrogens with one attached hydrogen (secondary N) is 1. The summed E-state index contributed by atoms with van der Waals surface area (Å²) in [6.45, 7) is 7.09. The Labute approximate surface area is 214 Å². The second kappa shape index (κ2) is 11.7. The molecule has 0 unspecified atom stereocenters. The van der Waals surface area contributed by atoms with Gasteiger partial charge in [-0.3, -0.25) is 4.79 Å². The first-order chi connectivity index (χ1) is 17.0. The number of anilines is 1. The fraction of sp³-hybridized carbons (Fsp3) is 0.462. The largest absolute Gasteiger partial charge is 0.485 e. The highest BCUT2D eigenvalue weighted by Crippen LogP contribution is 2.36. The van der Waals surface area contributed by atoms with Gasteiger partial charge in [-0.05, 0) is 63.6 Å². The number of rotatable bonds is 8. The summed E-state index contributed by atoms with van der Waals surface area (Å²) < 4.78 is 7.95. The number of aryl methyl sites for hydroxylation is 3. The SMILES string of the molecule is CCn1c(COc2ccc(C)cc2C)nnc1SCC(=O)Nc1sc2c(c1C#N)CCCCCC2. The fourth-order valence-electron chi connectivity index (χ4n) is 4.37. The molecule has 3 aromatic rings. The molecular weight excluding hydrogens is 478 g/mol. The lowest BCUT2D eigenvalue weighted by atomic mass is 9.97. The van der Waals surface area contributed by atoms with Crippen LogP contribution in [-0.2, 0) is 30.8 Å². The van der Waals surface area contributed by atoms with Crippen molar-refractivity contribution in [2.45, 2.75) is 77.6 Å². The Morgan fingerprint density at radius 2 is 2.03 bits per heavy atom. The van der Waals surface area contributed by atoms with E-state index >= 15 is 0 Å². The summed E-state index contributed by atoms with van der Waals surface area (Å²) in [7, 11) is 0. The van der Waals surface area contributed by atoms with Crippen LogP contribution in [0.15, 0.2) is 23.4 Å². The van der Waals surface area contributed by atoms with Crippen molar-refractivity contribution in [3.8, 4) is 11.8 Å². The Balaban J connectivity index is 1.38. The average Bonchev–Trinajstić information content (AvgIpc) is 3.36. The number of ether oxygens (including phenoxy) is 1. The molecule has 0 fully saturated rings. The van der Waals surface area contributed by atoms with Crippen LogP contribution >= 0.6 is 23.1 Å². The van der Waals surface area contributed by atoms with Crippen LogP contribution in [0.25, 0.3) is 0 Å². The summed E-state index contributed by atoms with van der Waals surface area (Å²) in [5.41, 5.74) is 4.06. The van der Waals surface area contributed by atoms with Crippen LogP contribution in [0.2, 0.25) is 0 Å². The van der Waals surface area contributed by atoms with Crippen molar-refractivity contribution in [2.75, 3.05) is 11.1 Å². The third kappa shape index (κ3) is 6.06. The van der Waals surface area contributed by atoms with Crippen molar-refractivity contribution in [3.05, 3.63) is 51.2 Å². The van der Waals surface area contributed by atoms with E-state index in [1.807, 2.05) is 30.5 Å². The number of benzene rings is 1. The molecule has 184 valence electrons. The third-order valence-corrected chi connectivity index (χ3v) is 8.34. The van der Waals surface area contributed by atoms with Gasteiger partial charge in [-0.15, -0.1) is 21.5 Å². The zero-order valence-corrected chi connectivity index (χ0v) is 22.2. The molecule has 1 aromatic carbocycles. The number of amides is 1. The number of aromatic nitrogens is 3. The van der Waals surface area contributed by atoms with E-state index in [4.69, 9.17) is 4.74 Å². The van der Waals surface area contributed by atoms with Gasteiger partial charge in [-0.1, -0.05) is 42.3 Å². The first-order valence-corrected chi connectivity index (χ1v) is 13.9. The number of thioether (sulfide) groups is 1. The van der Waals surface area contributed by atoms with E-state index in [0.717, 1.165) is 48.4 Å². The second-order valence-corrected chi connectivity index (χ2v) is 10.8. The van der Waals surface area contributed by atoms with Gasteiger partial charge in [0, 0.05) is 11.4 Å². The Hall–Kier alpha value is -2.83. The van der Waals surface area contributed by atoms with Gasteiger partial charge in [-0.25, -0.2) is 0 Å². The first-order valence-electron chi connectivity index (χ1n) is 12.1. The summed E-state index contributed by atoms with van der Waals surface area (Å²) in [4.78, 5) is 14.0. The van der Waals surface area contributed by atoms with Crippen molar-refractivity contribution in [3.63, 3.8) is 0 Å². The molecule has 2 aromatic heterocycles. The molecule has 7 nitrogen and oxygen atoms in total. The molecular formula is C26H31N5O2S2. The molecule has 1 aliphatic carbocycles.